The second-order valence-corrected chi connectivity index (χ2v) is 13.0. The van der Waals surface area contributed by atoms with Crippen molar-refractivity contribution < 1.29 is 38.1 Å². The summed E-state index contributed by atoms with van der Waals surface area (Å²) in [6.45, 7) is 0.0474. The summed E-state index contributed by atoms with van der Waals surface area (Å²) in [5.41, 5.74) is 1.46. The molecule has 1 aliphatic heterocycles. The molecule has 0 fully saturated rings. The quantitative estimate of drug-likeness (QED) is 0.241. The van der Waals surface area contributed by atoms with Crippen molar-refractivity contribution in [2.45, 2.75) is 19.0 Å². The Morgan fingerprint density at radius 1 is 0.585 bits per heavy atom. The highest BCUT2D eigenvalue weighted by Crippen LogP contribution is 2.72. The summed E-state index contributed by atoms with van der Waals surface area (Å²) >= 11 is 0. The zero-order valence-electron chi connectivity index (χ0n) is 23.7. The molecule has 1 unspecified atom stereocenters. The van der Waals surface area contributed by atoms with E-state index in [1.165, 1.54) is 14.2 Å². The van der Waals surface area contributed by atoms with E-state index < -0.39 is 35.9 Å². The zero-order chi connectivity index (χ0) is 29.9. The van der Waals surface area contributed by atoms with E-state index in [4.69, 9.17) is 18.9 Å². The summed E-state index contributed by atoms with van der Waals surface area (Å²) in [5, 5.41) is -1.09. The van der Waals surface area contributed by atoms with Crippen LogP contribution in [0.1, 0.15) is 16.7 Å². The molecule has 212 valence electrons. The molecule has 1 atom stereocenters. The highest BCUT2D eigenvalue weighted by atomic mass is 31.2. The summed E-state index contributed by atoms with van der Waals surface area (Å²) in [4.78, 5) is 56.3. The van der Waals surface area contributed by atoms with E-state index in [-0.39, 0.29) is 16.4 Å². The Morgan fingerprint density at radius 2 is 1.05 bits per heavy atom. The normalized spacial score (nSPS) is 17.6. The first-order valence-electron chi connectivity index (χ1n) is 12.7. The summed E-state index contributed by atoms with van der Waals surface area (Å²) in [7, 11) is 4.67. The maximum absolute atomic E-state index is 14.6. The van der Waals surface area contributed by atoms with E-state index in [1.54, 1.807) is 30.3 Å². The van der Waals surface area contributed by atoms with Gasteiger partial charge in [0.2, 0.25) is 0 Å². The van der Waals surface area contributed by atoms with Gasteiger partial charge in [-0.2, -0.15) is 0 Å². The first-order chi connectivity index (χ1) is 19.7. The minimum atomic E-state index is -3.76. The molecule has 0 aliphatic carbocycles. The highest BCUT2D eigenvalue weighted by molar-refractivity contribution is 7.93. The molecular formula is C32H31O8P. The summed E-state index contributed by atoms with van der Waals surface area (Å²) in [6.07, 6.45) is 0. The minimum Gasteiger partial charge on any atom is -0.468 e. The van der Waals surface area contributed by atoms with Crippen LogP contribution in [0.5, 0.6) is 0 Å². The van der Waals surface area contributed by atoms with Crippen LogP contribution in [-0.2, 0) is 43.3 Å². The van der Waals surface area contributed by atoms with Gasteiger partial charge in [-0.15, -0.1) is 0 Å². The Kier molecular flexibility index (Phi) is 8.36. The van der Waals surface area contributed by atoms with Gasteiger partial charge in [-0.3, -0.25) is 4.79 Å². The van der Waals surface area contributed by atoms with Crippen LogP contribution >= 0.6 is 6.89 Å². The van der Waals surface area contributed by atoms with Gasteiger partial charge < -0.3 is 18.9 Å². The van der Waals surface area contributed by atoms with E-state index in [1.807, 2.05) is 62.4 Å². The fourth-order valence-electron chi connectivity index (χ4n) is 5.64. The van der Waals surface area contributed by atoms with E-state index in [0.717, 1.165) is 25.3 Å². The zero-order valence-corrected chi connectivity index (χ0v) is 24.6. The third-order valence-electron chi connectivity index (χ3n) is 7.36. The van der Waals surface area contributed by atoms with Crippen LogP contribution in [0.3, 0.4) is 0 Å². The second-order valence-electron chi connectivity index (χ2n) is 9.48. The maximum Gasteiger partial charge on any atom is 0.339 e. The Bertz CT molecular complexity index is 1550. The summed E-state index contributed by atoms with van der Waals surface area (Å²) < 4.78 is 21.2. The molecule has 0 saturated carbocycles. The Balaban J connectivity index is 2.52. The summed E-state index contributed by atoms with van der Waals surface area (Å²) in [6, 6.07) is 23.1. The van der Waals surface area contributed by atoms with Crippen molar-refractivity contribution in [1.29, 1.82) is 0 Å². The molecule has 0 radical (unpaired) electrons. The largest absolute Gasteiger partial charge is 0.468 e. The molecule has 9 heteroatoms. The number of ether oxygens (including phenoxy) is 4. The van der Waals surface area contributed by atoms with E-state index in [9.17, 15) is 19.2 Å². The topological polar surface area (TPSA) is 105 Å². The van der Waals surface area contributed by atoms with Gasteiger partial charge >= 0.3 is 23.9 Å². The number of carbonyl (C=O) groups excluding carboxylic acids is 4. The highest BCUT2D eigenvalue weighted by Gasteiger charge is 2.67. The number of hydrogen-bond acceptors (Lipinski definition) is 8. The molecule has 0 N–H and O–H groups in total. The average Bonchev–Trinajstić information content (AvgIpc) is 3.30. The average molecular weight is 575 g/mol. The third kappa shape index (κ3) is 4.30. The van der Waals surface area contributed by atoms with Gasteiger partial charge in [0.15, 0.2) is 5.16 Å². The molecule has 4 rings (SSSR count). The molecule has 0 aromatic heterocycles. The Hall–Kier alpha value is -4.42. The lowest BCUT2D eigenvalue weighted by molar-refractivity contribution is -0.146. The maximum atomic E-state index is 14.6. The second kappa shape index (κ2) is 11.6. The van der Waals surface area contributed by atoms with Crippen LogP contribution in [0, 0.1) is 13.8 Å². The van der Waals surface area contributed by atoms with Crippen LogP contribution < -0.4 is 10.6 Å². The first-order valence-corrected chi connectivity index (χ1v) is 14.5. The van der Waals surface area contributed by atoms with Crippen molar-refractivity contribution >= 4 is 46.7 Å². The standard InChI is InChI=1S/C32H31O8P/c1-20-12-16-23(17-13-20)41(24-18-14-21(2)15-19-24)27(30(35)39-5)25(28(33)37-3)26(29(34)38-4)32(41,31(36)40-6)22-10-8-7-9-11-22/h7-19H,1-6H3. The number of rotatable bonds is 7. The lowest BCUT2D eigenvalue weighted by Gasteiger charge is -2.43. The number of hydrogen-bond donors (Lipinski definition) is 0. The fraction of sp³-hybridized carbons (Fsp3) is 0.219. The van der Waals surface area contributed by atoms with E-state index in [2.05, 4.69) is 0 Å². The van der Waals surface area contributed by atoms with Gasteiger partial charge in [-0.05, 0) is 36.9 Å². The van der Waals surface area contributed by atoms with Crippen molar-refractivity contribution in [3.63, 3.8) is 0 Å². The molecule has 0 bridgehead atoms. The van der Waals surface area contributed by atoms with Crippen LogP contribution in [0.2, 0.25) is 0 Å². The molecule has 41 heavy (non-hydrogen) atoms. The molecular weight excluding hydrogens is 543 g/mol. The van der Waals surface area contributed by atoms with Gasteiger partial charge in [-0.25, -0.2) is 14.4 Å². The van der Waals surface area contributed by atoms with Gasteiger partial charge in [0, 0.05) is 0 Å². The molecule has 1 heterocycles. The predicted molar refractivity (Wildman–Crippen MR) is 157 cm³/mol. The SMILES string of the molecule is COC(=O)C1=C(C(=O)OC)C(C(=O)OC)(c2ccccc2)P(c2ccc(C)cc2)(c2ccc(C)cc2)=C1C(=O)OC. The molecule has 3 aromatic rings. The van der Waals surface area contributed by atoms with Crippen LogP contribution in [-0.4, -0.2) is 57.6 Å². The van der Waals surface area contributed by atoms with Crippen molar-refractivity contribution in [1.82, 2.24) is 0 Å². The molecule has 8 nitrogen and oxygen atoms in total. The third-order valence-corrected chi connectivity index (χ3v) is 12.3. The van der Waals surface area contributed by atoms with Crippen molar-refractivity contribution in [2.24, 2.45) is 0 Å². The van der Waals surface area contributed by atoms with Gasteiger partial charge in [-0.1, -0.05) is 90.0 Å². The Morgan fingerprint density at radius 3 is 1.46 bits per heavy atom. The van der Waals surface area contributed by atoms with Crippen molar-refractivity contribution in [3.8, 4) is 0 Å². The van der Waals surface area contributed by atoms with Gasteiger partial charge in [0.1, 0.15) is 0 Å². The minimum absolute atomic E-state index is 0.144. The fourth-order valence-corrected chi connectivity index (χ4v) is 11.1. The van der Waals surface area contributed by atoms with Gasteiger partial charge in [0.25, 0.3) is 0 Å². The Labute approximate surface area is 238 Å². The van der Waals surface area contributed by atoms with Crippen LogP contribution in [0.15, 0.2) is 90.0 Å². The van der Waals surface area contributed by atoms with E-state index in [0.29, 0.717) is 16.2 Å². The molecule has 0 saturated heterocycles. The van der Waals surface area contributed by atoms with Crippen LogP contribution in [0.25, 0.3) is 0 Å². The lowest BCUT2D eigenvalue weighted by Crippen LogP contribution is -2.46. The number of benzene rings is 3. The molecule has 3 aromatic carbocycles. The lowest BCUT2D eigenvalue weighted by atomic mass is 9.86. The number of methoxy groups -OCH3 is 4. The molecule has 0 spiro atoms. The summed E-state index contributed by atoms with van der Waals surface area (Å²) in [5.74, 6) is -3.71. The van der Waals surface area contributed by atoms with E-state index >= 15 is 0 Å². The smallest absolute Gasteiger partial charge is 0.339 e. The first kappa shape index (κ1) is 29.6. The van der Waals surface area contributed by atoms with Crippen molar-refractivity contribution in [3.05, 3.63) is 107 Å². The monoisotopic (exact) mass is 574 g/mol. The molecule has 1 aliphatic rings. The number of esters is 4. The van der Waals surface area contributed by atoms with Crippen molar-refractivity contribution in [2.75, 3.05) is 28.4 Å². The predicted octanol–water partition coefficient (Wildman–Crippen LogP) is 3.34. The van der Waals surface area contributed by atoms with Gasteiger partial charge in [0.05, 0.1) is 44.9 Å². The number of aryl methyl sites for hydroxylation is 2. The van der Waals surface area contributed by atoms with Crippen LogP contribution in [0.4, 0.5) is 0 Å². The number of carbonyl (C=O) groups is 4. The molecule has 0 amide bonds.